The van der Waals surface area contributed by atoms with Crippen LogP contribution in [0.4, 0.5) is 0 Å². The molecule has 0 aromatic carbocycles. The molecule has 2 rings (SSSR count). The summed E-state index contributed by atoms with van der Waals surface area (Å²) in [6.45, 7) is 4.08. The molecule has 1 aromatic heterocycles. The zero-order chi connectivity index (χ0) is 11.0. The number of carboxylic acids is 1. The van der Waals surface area contributed by atoms with Gasteiger partial charge in [-0.1, -0.05) is 13.3 Å². The molecule has 1 aromatic rings. The Labute approximate surface area is 93.2 Å². The first kappa shape index (κ1) is 10.6. The van der Waals surface area contributed by atoms with Crippen molar-refractivity contribution in [3.8, 4) is 0 Å². The van der Waals surface area contributed by atoms with Gasteiger partial charge in [0, 0.05) is 10.8 Å². The molecule has 15 heavy (non-hydrogen) atoms. The van der Waals surface area contributed by atoms with Crippen molar-refractivity contribution in [2.75, 3.05) is 0 Å². The Bertz CT molecular complexity index is 386. The lowest BCUT2D eigenvalue weighted by atomic mass is 10.1. The lowest BCUT2D eigenvalue weighted by Gasteiger charge is -2.03. The Morgan fingerprint density at radius 3 is 2.73 bits per heavy atom. The molecular weight excluding hydrogens is 210 g/mol. The van der Waals surface area contributed by atoms with Crippen LogP contribution in [-0.4, -0.2) is 16.1 Å². The number of aromatic nitrogens is 1. The molecule has 3 nitrogen and oxygen atoms in total. The van der Waals surface area contributed by atoms with E-state index in [1.54, 1.807) is 11.3 Å². The van der Waals surface area contributed by atoms with Crippen LogP contribution in [0.1, 0.15) is 52.5 Å². The van der Waals surface area contributed by atoms with E-state index in [0.717, 1.165) is 28.6 Å². The summed E-state index contributed by atoms with van der Waals surface area (Å²) < 4.78 is 0. The molecule has 1 aliphatic carbocycles. The Morgan fingerprint density at radius 2 is 2.27 bits per heavy atom. The third-order valence-corrected chi connectivity index (χ3v) is 4.19. The van der Waals surface area contributed by atoms with Gasteiger partial charge in [0.15, 0.2) is 5.69 Å². The first-order valence-corrected chi connectivity index (χ1v) is 6.10. The molecule has 4 heteroatoms. The molecule has 1 heterocycles. The largest absolute Gasteiger partial charge is 0.476 e. The topological polar surface area (TPSA) is 50.2 Å². The number of thiazole rings is 1. The van der Waals surface area contributed by atoms with E-state index in [1.165, 1.54) is 6.42 Å². The van der Waals surface area contributed by atoms with Gasteiger partial charge in [0.25, 0.3) is 0 Å². The fourth-order valence-electron chi connectivity index (χ4n) is 2.22. The van der Waals surface area contributed by atoms with Gasteiger partial charge >= 0.3 is 5.97 Å². The maximum atomic E-state index is 10.9. The summed E-state index contributed by atoms with van der Waals surface area (Å²) in [6, 6.07) is 0. The highest BCUT2D eigenvalue weighted by molar-refractivity contribution is 7.12. The first-order valence-electron chi connectivity index (χ1n) is 5.28. The number of aromatic carboxylic acids is 1. The molecule has 0 saturated heterocycles. The molecule has 1 fully saturated rings. The highest BCUT2D eigenvalue weighted by Gasteiger charge is 2.27. The highest BCUT2D eigenvalue weighted by atomic mass is 32.1. The predicted octanol–water partition coefficient (Wildman–Crippen LogP) is 3.05. The molecule has 1 N–H and O–H groups in total. The molecule has 82 valence electrons. The maximum Gasteiger partial charge on any atom is 0.355 e. The first-order chi connectivity index (χ1) is 7.08. The van der Waals surface area contributed by atoms with E-state index in [4.69, 9.17) is 5.11 Å². The van der Waals surface area contributed by atoms with Crippen molar-refractivity contribution in [1.82, 2.24) is 4.98 Å². The van der Waals surface area contributed by atoms with E-state index in [9.17, 15) is 4.79 Å². The van der Waals surface area contributed by atoms with Crippen molar-refractivity contribution in [3.63, 3.8) is 0 Å². The molecule has 0 aliphatic heterocycles. The quantitative estimate of drug-likeness (QED) is 0.841. The number of carboxylic acid groups (broad SMARTS) is 1. The summed E-state index contributed by atoms with van der Waals surface area (Å²) in [5, 5.41) is 9.94. The molecule has 1 aliphatic rings. The van der Waals surface area contributed by atoms with Gasteiger partial charge in [-0.3, -0.25) is 0 Å². The second kappa shape index (κ2) is 3.93. The minimum atomic E-state index is -0.902. The van der Waals surface area contributed by atoms with Crippen LogP contribution in [-0.2, 0) is 0 Å². The Balaban J connectivity index is 2.23. The van der Waals surface area contributed by atoms with Crippen LogP contribution in [0.5, 0.6) is 0 Å². The van der Waals surface area contributed by atoms with Gasteiger partial charge < -0.3 is 5.11 Å². The zero-order valence-electron chi connectivity index (χ0n) is 8.99. The lowest BCUT2D eigenvalue weighted by Crippen LogP contribution is -2.00. The zero-order valence-corrected chi connectivity index (χ0v) is 9.80. The van der Waals surface area contributed by atoms with Crippen LogP contribution in [0.25, 0.3) is 0 Å². The molecular formula is C11H15NO2S. The van der Waals surface area contributed by atoms with Crippen LogP contribution in [0.3, 0.4) is 0 Å². The van der Waals surface area contributed by atoms with E-state index in [1.807, 2.05) is 6.92 Å². The number of nitrogens with zero attached hydrogens (tertiary/aromatic N) is 1. The van der Waals surface area contributed by atoms with Gasteiger partial charge in [-0.15, -0.1) is 11.3 Å². The van der Waals surface area contributed by atoms with Crippen molar-refractivity contribution in [2.45, 2.75) is 39.0 Å². The fourth-order valence-corrected chi connectivity index (χ4v) is 3.28. The van der Waals surface area contributed by atoms with Crippen molar-refractivity contribution >= 4 is 17.3 Å². The highest BCUT2D eigenvalue weighted by Crippen LogP contribution is 2.39. The van der Waals surface area contributed by atoms with Gasteiger partial charge in [-0.25, -0.2) is 9.78 Å². The Kier molecular flexibility index (Phi) is 2.78. The predicted molar refractivity (Wildman–Crippen MR) is 59.6 cm³/mol. The van der Waals surface area contributed by atoms with Crippen LogP contribution >= 0.6 is 11.3 Å². The summed E-state index contributed by atoms with van der Waals surface area (Å²) in [4.78, 5) is 15.9. The van der Waals surface area contributed by atoms with Gasteiger partial charge in [0.1, 0.15) is 0 Å². The minimum Gasteiger partial charge on any atom is -0.476 e. The summed E-state index contributed by atoms with van der Waals surface area (Å²) in [7, 11) is 0. The number of hydrogen-bond acceptors (Lipinski definition) is 3. The molecule has 2 atom stereocenters. The van der Waals surface area contributed by atoms with Gasteiger partial charge in [0.05, 0.1) is 5.01 Å². The fraction of sp³-hybridized carbons (Fsp3) is 0.636. The number of rotatable bonds is 2. The maximum absolute atomic E-state index is 10.9. The van der Waals surface area contributed by atoms with Crippen molar-refractivity contribution < 1.29 is 9.90 Å². The van der Waals surface area contributed by atoms with E-state index in [2.05, 4.69) is 11.9 Å². The Hall–Kier alpha value is -0.900. The minimum absolute atomic E-state index is 0.245. The average Bonchev–Trinajstić information content (AvgIpc) is 2.71. The molecule has 0 spiro atoms. The third kappa shape index (κ3) is 2.04. The van der Waals surface area contributed by atoms with Crippen molar-refractivity contribution in [2.24, 2.45) is 5.92 Å². The van der Waals surface area contributed by atoms with Gasteiger partial charge in [0.2, 0.25) is 0 Å². The summed E-state index contributed by atoms with van der Waals surface area (Å²) in [5.74, 6) is 0.352. The summed E-state index contributed by atoms with van der Waals surface area (Å²) in [6.07, 6.45) is 3.56. The number of hydrogen-bond donors (Lipinski definition) is 1. The molecule has 0 amide bonds. The van der Waals surface area contributed by atoms with Crippen LogP contribution < -0.4 is 0 Å². The van der Waals surface area contributed by atoms with Crippen LogP contribution in [0.15, 0.2) is 0 Å². The standard InChI is InChI=1S/C11H15NO2S/c1-6-3-4-8(5-6)10-12-9(11(13)14)7(2)15-10/h6,8H,3-5H2,1-2H3,(H,13,14). The smallest absolute Gasteiger partial charge is 0.355 e. The molecule has 2 unspecified atom stereocenters. The van der Waals surface area contributed by atoms with E-state index >= 15 is 0 Å². The molecule has 0 bridgehead atoms. The van der Waals surface area contributed by atoms with Crippen molar-refractivity contribution in [3.05, 3.63) is 15.6 Å². The average molecular weight is 225 g/mol. The van der Waals surface area contributed by atoms with E-state index in [-0.39, 0.29) is 5.69 Å². The number of carbonyl (C=O) groups is 1. The molecule has 0 radical (unpaired) electrons. The lowest BCUT2D eigenvalue weighted by molar-refractivity contribution is 0.0690. The Morgan fingerprint density at radius 1 is 1.53 bits per heavy atom. The molecule has 1 saturated carbocycles. The van der Waals surface area contributed by atoms with Crippen LogP contribution in [0.2, 0.25) is 0 Å². The number of aryl methyl sites for hydroxylation is 1. The summed E-state index contributed by atoms with van der Waals surface area (Å²) in [5.41, 5.74) is 0.245. The summed E-state index contributed by atoms with van der Waals surface area (Å²) >= 11 is 1.55. The monoisotopic (exact) mass is 225 g/mol. The third-order valence-electron chi connectivity index (χ3n) is 3.06. The second-order valence-corrected chi connectivity index (χ2v) is 5.61. The van der Waals surface area contributed by atoms with E-state index < -0.39 is 5.97 Å². The van der Waals surface area contributed by atoms with Crippen molar-refractivity contribution in [1.29, 1.82) is 0 Å². The van der Waals surface area contributed by atoms with E-state index in [0.29, 0.717) is 5.92 Å². The van der Waals surface area contributed by atoms with Crippen LogP contribution in [0, 0.1) is 12.8 Å². The second-order valence-electron chi connectivity index (χ2n) is 4.38. The SMILES string of the molecule is Cc1sc(C2CCC(C)C2)nc1C(=O)O. The van der Waals surface area contributed by atoms with Gasteiger partial charge in [-0.2, -0.15) is 0 Å². The van der Waals surface area contributed by atoms with Gasteiger partial charge in [-0.05, 0) is 25.7 Å². The normalized spacial score (nSPS) is 25.7.